The lowest BCUT2D eigenvalue weighted by Crippen LogP contribution is -2.78. The van der Waals surface area contributed by atoms with E-state index in [-0.39, 0.29) is 0 Å². The molecule has 0 heterocycles. The summed E-state index contributed by atoms with van der Waals surface area (Å²) in [5.41, 5.74) is 0. The van der Waals surface area contributed by atoms with Gasteiger partial charge in [-0.3, -0.25) is 0 Å². The summed E-state index contributed by atoms with van der Waals surface area (Å²) in [5.74, 6) is -107. The Morgan fingerprint density at radius 2 is 0.578 bits per heavy atom. The van der Waals surface area contributed by atoms with Crippen LogP contribution in [0, 0.1) is 0 Å². The highest BCUT2D eigenvalue weighted by Crippen LogP contribution is 2.68. The molecule has 0 aliphatic heterocycles. The van der Waals surface area contributed by atoms with Crippen LogP contribution in [0.15, 0.2) is 0 Å². The summed E-state index contributed by atoms with van der Waals surface area (Å²) in [4.78, 5) is 0. The van der Waals surface area contributed by atoms with Gasteiger partial charge in [0.2, 0.25) is 0 Å². The van der Waals surface area contributed by atoms with Gasteiger partial charge in [-0.1, -0.05) is 0 Å². The fourth-order valence-electron chi connectivity index (χ4n) is 2.90. The fourth-order valence-corrected chi connectivity index (χ4v) is 2.90. The molecule has 27 heteroatoms. The maximum Gasteiger partial charge on any atom is 0.385 e. The van der Waals surface area contributed by atoms with E-state index in [1.807, 2.05) is 0 Å². The van der Waals surface area contributed by atoms with Gasteiger partial charge in [0.1, 0.15) is 6.54 Å². The van der Waals surface area contributed by atoms with E-state index in [0.29, 0.717) is 14.1 Å². The lowest BCUT2D eigenvalue weighted by molar-refractivity contribution is -0.898. The second kappa shape index (κ2) is 10.8. The van der Waals surface area contributed by atoms with E-state index < -0.39 is 95.1 Å². The topological polar surface area (TPSA) is 0 Å². The van der Waals surface area contributed by atoms with Crippen molar-refractivity contribution >= 4 is 0 Å². The Labute approximate surface area is 231 Å². The molecular weight excluding hydrogens is 724 g/mol. The zero-order valence-electron chi connectivity index (χ0n) is 21.3. The molecule has 0 bridgehead atoms. The van der Waals surface area contributed by atoms with E-state index in [1.165, 1.54) is 0 Å². The van der Waals surface area contributed by atoms with Crippen molar-refractivity contribution in [2.24, 2.45) is 0 Å². The number of hydrogen-bond acceptors (Lipinski definition) is 0. The van der Waals surface area contributed by atoms with Gasteiger partial charge in [-0.15, -0.1) is 0 Å². The summed E-state index contributed by atoms with van der Waals surface area (Å²) in [6, 6.07) is 0. The van der Waals surface area contributed by atoms with E-state index in [9.17, 15) is 114 Å². The number of nitrogens with zero attached hydrogens (tertiary/aromatic N) is 1. The molecule has 0 spiro atoms. The lowest BCUT2D eigenvalue weighted by Gasteiger charge is -2.46. The molecule has 0 aliphatic rings. The van der Waals surface area contributed by atoms with Gasteiger partial charge in [-0.2, -0.15) is 105 Å². The van der Waals surface area contributed by atoms with Crippen LogP contribution < -0.4 is 0 Å². The zero-order chi connectivity index (χ0) is 37.5. The van der Waals surface area contributed by atoms with Crippen LogP contribution in [0.3, 0.4) is 0 Å². The molecule has 0 rings (SSSR count). The van der Waals surface area contributed by atoms with Crippen LogP contribution in [0.2, 0.25) is 0 Å². The van der Waals surface area contributed by atoms with Crippen LogP contribution in [0.4, 0.5) is 114 Å². The average molecular weight is 738 g/mol. The molecule has 0 fully saturated rings. The molecule has 45 heavy (non-hydrogen) atoms. The standard InChI is InChI=1S/C18H14F26N/c1-4-45(2,3)5-7(21,22)9(25,26)11(29,30)13(33,34)15(37,38)17(41,42)18(43,44)16(39,40)14(35,36)12(31,32)10(27,28)8(23,24)6(19)20/h6H,4-5H2,1-3H3/q+1. The Hall–Kier alpha value is -1.86. The first kappa shape index (κ1) is 43.1. The van der Waals surface area contributed by atoms with Gasteiger partial charge >= 0.3 is 77.5 Å². The molecule has 1 nitrogen and oxygen atoms in total. The van der Waals surface area contributed by atoms with Crippen LogP contribution >= 0.6 is 0 Å². The highest BCUT2D eigenvalue weighted by atomic mass is 19.4. The molecule has 0 unspecified atom stereocenters. The Bertz CT molecular complexity index is 1050. The van der Waals surface area contributed by atoms with Crippen LogP contribution in [0.5, 0.6) is 0 Å². The van der Waals surface area contributed by atoms with Crippen molar-refractivity contribution in [3.8, 4) is 0 Å². The first-order valence-electron chi connectivity index (χ1n) is 10.6. The highest BCUT2D eigenvalue weighted by Gasteiger charge is 2.99. The normalized spacial score (nSPS) is 16.9. The third kappa shape index (κ3) is 5.40. The van der Waals surface area contributed by atoms with E-state index >= 15 is 0 Å². The Balaban J connectivity index is 7.40. The molecule has 272 valence electrons. The largest absolute Gasteiger partial charge is 0.385 e. The van der Waals surface area contributed by atoms with Crippen LogP contribution in [0.25, 0.3) is 0 Å². The molecule has 0 aromatic rings. The van der Waals surface area contributed by atoms with Crippen molar-refractivity contribution < 1.29 is 119 Å². The van der Waals surface area contributed by atoms with Crippen molar-refractivity contribution in [2.45, 2.75) is 84.4 Å². The van der Waals surface area contributed by atoms with Gasteiger partial charge in [0.15, 0.2) is 0 Å². The number of rotatable bonds is 15. The summed E-state index contributed by atoms with van der Waals surface area (Å²) >= 11 is 0. The molecule has 0 aromatic carbocycles. The summed E-state index contributed by atoms with van der Waals surface area (Å²) in [6.45, 7) is -2.80. The fraction of sp³-hybridized carbons (Fsp3) is 1.00. The van der Waals surface area contributed by atoms with E-state index in [4.69, 9.17) is 0 Å². The van der Waals surface area contributed by atoms with Crippen molar-refractivity contribution in [3.63, 3.8) is 0 Å². The summed E-state index contributed by atoms with van der Waals surface area (Å²) in [5, 5.41) is 0. The highest BCUT2D eigenvalue weighted by molar-refractivity contribution is 5.20. The number of halogens is 26. The molecule has 0 aromatic heterocycles. The molecule has 0 atom stereocenters. The lowest BCUT2D eigenvalue weighted by atomic mass is 9.84. The van der Waals surface area contributed by atoms with E-state index in [1.54, 1.807) is 0 Å². The van der Waals surface area contributed by atoms with Crippen molar-refractivity contribution in [3.05, 3.63) is 0 Å². The second-order valence-corrected chi connectivity index (χ2v) is 9.78. The average Bonchev–Trinajstić information content (AvgIpc) is 2.81. The summed E-state index contributed by atoms with van der Waals surface area (Å²) < 4.78 is 350. The van der Waals surface area contributed by atoms with E-state index in [0.717, 1.165) is 6.92 Å². The molecule has 0 radical (unpaired) electrons. The van der Waals surface area contributed by atoms with Crippen LogP contribution in [0.1, 0.15) is 6.92 Å². The van der Waals surface area contributed by atoms with Crippen LogP contribution in [-0.2, 0) is 0 Å². The Kier molecular flexibility index (Phi) is 10.4. The number of alkyl halides is 26. The third-order valence-electron chi connectivity index (χ3n) is 6.18. The first-order chi connectivity index (χ1) is 19.0. The van der Waals surface area contributed by atoms with Gasteiger partial charge < -0.3 is 4.48 Å². The Morgan fingerprint density at radius 3 is 0.778 bits per heavy atom. The molecule has 0 saturated carbocycles. The second-order valence-electron chi connectivity index (χ2n) is 9.78. The smallest absolute Gasteiger partial charge is 0.324 e. The van der Waals surface area contributed by atoms with Gasteiger partial charge in [0, 0.05) is 0 Å². The minimum atomic E-state index is -9.65. The van der Waals surface area contributed by atoms with Crippen molar-refractivity contribution in [1.29, 1.82) is 0 Å². The summed E-state index contributed by atoms with van der Waals surface area (Å²) in [7, 11) is 0.866. The molecular formula is C18H14F26N+. The van der Waals surface area contributed by atoms with Gasteiger partial charge in [-0.25, -0.2) is 8.78 Å². The van der Waals surface area contributed by atoms with E-state index in [2.05, 4.69) is 0 Å². The van der Waals surface area contributed by atoms with Crippen LogP contribution in [-0.4, -0.2) is 109 Å². The van der Waals surface area contributed by atoms with Crippen molar-refractivity contribution in [1.82, 2.24) is 0 Å². The zero-order valence-corrected chi connectivity index (χ0v) is 21.3. The predicted molar refractivity (Wildman–Crippen MR) is 92.9 cm³/mol. The number of quaternary nitrogens is 1. The monoisotopic (exact) mass is 738 g/mol. The summed E-state index contributed by atoms with van der Waals surface area (Å²) in [6.07, 6.45) is -6.31. The van der Waals surface area contributed by atoms with Gasteiger partial charge in [0.05, 0.1) is 20.6 Å². The number of hydrogen-bond donors (Lipinski definition) is 0. The minimum absolute atomic E-state index is 0.433. The maximum atomic E-state index is 13.9. The minimum Gasteiger partial charge on any atom is -0.324 e. The molecule has 0 saturated heterocycles. The Morgan fingerprint density at radius 1 is 0.378 bits per heavy atom. The van der Waals surface area contributed by atoms with Crippen molar-refractivity contribution in [2.75, 3.05) is 27.2 Å². The SMILES string of the molecule is CC[N+](C)(C)CC(F)(F)C(F)(F)C(F)(F)C(F)(F)C(F)(F)C(F)(F)C(F)(F)C(F)(F)C(F)(F)C(F)(F)C(F)(F)C(F)(F)C(F)F. The first-order valence-corrected chi connectivity index (χ1v) is 10.6. The van der Waals surface area contributed by atoms with Gasteiger partial charge in [0.25, 0.3) is 0 Å². The molecule has 0 aliphatic carbocycles. The molecule has 0 amide bonds. The molecule has 0 N–H and O–H groups in total. The maximum absolute atomic E-state index is 13.9. The quantitative estimate of drug-likeness (QED) is 0.116. The van der Waals surface area contributed by atoms with Gasteiger partial charge in [-0.05, 0) is 6.92 Å². The third-order valence-corrected chi connectivity index (χ3v) is 6.18. The predicted octanol–water partition coefficient (Wildman–Crippen LogP) is 8.97.